The normalized spacial score (nSPS) is 10.3. The first-order valence-electron chi connectivity index (χ1n) is 4.95. The van der Waals surface area contributed by atoms with Crippen molar-refractivity contribution in [3.05, 3.63) is 29.8 Å². The van der Waals surface area contributed by atoms with Gasteiger partial charge in [-0.25, -0.2) is 8.78 Å². The van der Waals surface area contributed by atoms with Crippen molar-refractivity contribution in [3.63, 3.8) is 0 Å². The van der Waals surface area contributed by atoms with Crippen LogP contribution in [0.25, 0.3) is 0 Å². The molecule has 0 aromatic heterocycles. The molecule has 6 heteroatoms. The van der Waals surface area contributed by atoms with Crippen LogP contribution < -0.4 is 5.32 Å². The van der Waals surface area contributed by atoms with Crippen molar-refractivity contribution in [1.82, 2.24) is 0 Å². The van der Waals surface area contributed by atoms with Gasteiger partial charge in [0.05, 0.1) is 13.2 Å². The number of anilines is 1. The van der Waals surface area contributed by atoms with Gasteiger partial charge in [-0.05, 0) is 12.1 Å². The highest BCUT2D eigenvalue weighted by molar-refractivity contribution is 5.91. The highest BCUT2D eigenvalue weighted by atomic mass is 19.1. The molecule has 0 aliphatic carbocycles. The van der Waals surface area contributed by atoms with Gasteiger partial charge >= 0.3 is 0 Å². The maximum atomic E-state index is 13.1. The number of hydrogen-bond donors (Lipinski definition) is 1. The van der Waals surface area contributed by atoms with Crippen LogP contribution in [0.5, 0.6) is 0 Å². The number of carbonyl (C=O) groups is 1. The van der Waals surface area contributed by atoms with Gasteiger partial charge in [0, 0.05) is 7.11 Å². The summed E-state index contributed by atoms with van der Waals surface area (Å²) in [5.74, 6) is -2.27. The second-order valence-corrected chi connectivity index (χ2v) is 3.19. The van der Waals surface area contributed by atoms with Crippen LogP contribution in [0.15, 0.2) is 18.2 Å². The van der Waals surface area contributed by atoms with Crippen molar-refractivity contribution in [3.8, 4) is 0 Å². The Morgan fingerprint density at radius 1 is 1.29 bits per heavy atom. The fraction of sp³-hybridized carbons (Fsp3) is 0.364. The number of amides is 1. The summed E-state index contributed by atoms with van der Waals surface area (Å²) in [5.41, 5.74) is -0.465. The van der Waals surface area contributed by atoms with E-state index in [9.17, 15) is 13.6 Å². The van der Waals surface area contributed by atoms with Crippen LogP contribution in [0.2, 0.25) is 0 Å². The van der Waals surface area contributed by atoms with Crippen LogP contribution in [0.3, 0.4) is 0 Å². The van der Waals surface area contributed by atoms with Gasteiger partial charge in [-0.15, -0.1) is 0 Å². The maximum Gasteiger partial charge on any atom is 0.250 e. The minimum absolute atomic E-state index is 0.240. The van der Waals surface area contributed by atoms with E-state index >= 15 is 0 Å². The summed E-state index contributed by atoms with van der Waals surface area (Å²) in [6.07, 6.45) is 0. The lowest BCUT2D eigenvalue weighted by Gasteiger charge is -2.07. The number of nitrogens with one attached hydrogen (secondary N) is 1. The van der Waals surface area contributed by atoms with Crippen LogP contribution in [0.1, 0.15) is 0 Å². The second kappa shape index (κ2) is 6.93. The predicted octanol–water partition coefficient (Wildman–Crippen LogP) is 1.57. The SMILES string of the molecule is COCCOCC(=O)Nc1c(F)cccc1F. The average molecular weight is 245 g/mol. The number of ether oxygens (including phenoxy) is 2. The number of hydrogen-bond acceptors (Lipinski definition) is 3. The molecule has 1 aromatic carbocycles. The molecule has 1 N–H and O–H groups in total. The van der Waals surface area contributed by atoms with Gasteiger partial charge in [0.1, 0.15) is 23.9 Å². The Hall–Kier alpha value is -1.53. The first kappa shape index (κ1) is 13.5. The minimum Gasteiger partial charge on any atom is -0.382 e. The van der Waals surface area contributed by atoms with E-state index in [0.717, 1.165) is 12.1 Å². The van der Waals surface area contributed by atoms with Gasteiger partial charge in [-0.1, -0.05) is 6.07 Å². The molecule has 0 spiro atoms. The van der Waals surface area contributed by atoms with Crippen molar-refractivity contribution in [2.75, 3.05) is 32.2 Å². The standard InChI is InChI=1S/C11H13F2NO3/c1-16-5-6-17-7-10(15)14-11-8(12)3-2-4-9(11)13/h2-4H,5-7H2,1H3,(H,14,15). The molecular formula is C11H13F2NO3. The van der Waals surface area contributed by atoms with Crippen molar-refractivity contribution >= 4 is 11.6 Å². The summed E-state index contributed by atoms with van der Waals surface area (Å²) >= 11 is 0. The van der Waals surface area contributed by atoms with Crippen molar-refractivity contribution < 1.29 is 23.0 Å². The number of carbonyl (C=O) groups excluding carboxylic acids is 1. The Balaban J connectivity index is 2.45. The zero-order chi connectivity index (χ0) is 12.7. The highest BCUT2D eigenvalue weighted by Gasteiger charge is 2.11. The van der Waals surface area contributed by atoms with E-state index in [1.54, 1.807) is 0 Å². The summed E-state index contributed by atoms with van der Waals surface area (Å²) in [4.78, 5) is 11.3. The quantitative estimate of drug-likeness (QED) is 0.774. The van der Waals surface area contributed by atoms with E-state index < -0.39 is 23.2 Å². The molecular weight excluding hydrogens is 232 g/mol. The fourth-order valence-corrected chi connectivity index (χ4v) is 1.10. The number of halogens is 2. The molecule has 0 aliphatic heterocycles. The van der Waals surface area contributed by atoms with Crippen molar-refractivity contribution in [2.24, 2.45) is 0 Å². The monoisotopic (exact) mass is 245 g/mol. The lowest BCUT2D eigenvalue weighted by atomic mass is 10.3. The summed E-state index contributed by atoms with van der Waals surface area (Å²) < 4.78 is 35.9. The predicted molar refractivity (Wildman–Crippen MR) is 57.7 cm³/mol. The van der Waals surface area contributed by atoms with Gasteiger partial charge < -0.3 is 14.8 Å². The molecule has 1 rings (SSSR count). The third-order valence-electron chi connectivity index (χ3n) is 1.89. The first-order chi connectivity index (χ1) is 8.15. The second-order valence-electron chi connectivity index (χ2n) is 3.19. The Labute approximate surface area is 97.5 Å². The zero-order valence-corrected chi connectivity index (χ0v) is 9.33. The molecule has 94 valence electrons. The largest absolute Gasteiger partial charge is 0.382 e. The van der Waals surface area contributed by atoms with Crippen LogP contribution in [0.4, 0.5) is 14.5 Å². The van der Waals surface area contributed by atoms with Gasteiger partial charge in [0.15, 0.2) is 0 Å². The summed E-state index contributed by atoms with van der Waals surface area (Å²) in [5, 5.41) is 2.10. The average Bonchev–Trinajstić information content (AvgIpc) is 2.30. The Morgan fingerprint density at radius 3 is 2.53 bits per heavy atom. The molecule has 0 unspecified atom stereocenters. The summed E-state index contributed by atoms with van der Waals surface area (Å²) in [7, 11) is 1.50. The van der Waals surface area contributed by atoms with Gasteiger partial charge in [0.2, 0.25) is 0 Å². The fourth-order valence-electron chi connectivity index (χ4n) is 1.10. The Morgan fingerprint density at radius 2 is 1.94 bits per heavy atom. The smallest absolute Gasteiger partial charge is 0.250 e. The molecule has 17 heavy (non-hydrogen) atoms. The van der Waals surface area contributed by atoms with Crippen LogP contribution in [-0.4, -0.2) is 32.8 Å². The van der Waals surface area contributed by atoms with Crippen LogP contribution in [-0.2, 0) is 14.3 Å². The number of para-hydroxylation sites is 1. The molecule has 0 radical (unpaired) electrons. The lowest BCUT2D eigenvalue weighted by molar-refractivity contribution is -0.121. The van der Waals surface area contributed by atoms with Crippen molar-refractivity contribution in [2.45, 2.75) is 0 Å². The zero-order valence-electron chi connectivity index (χ0n) is 9.33. The van der Waals surface area contributed by atoms with E-state index in [1.165, 1.54) is 13.2 Å². The molecule has 1 aromatic rings. The highest BCUT2D eigenvalue weighted by Crippen LogP contribution is 2.17. The maximum absolute atomic E-state index is 13.1. The van der Waals surface area contributed by atoms with E-state index in [2.05, 4.69) is 5.32 Å². The topological polar surface area (TPSA) is 47.6 Å². The van der Waals surface area contributed by atoms with E-state index in [4.69, 9.17) is 9.47 Å². The Kier molecular flexibility index (Phi) is 5.51. The first-order valence-corrected chi connectivity index (χ1v) is 4.95. The van der Waals surface area contributed by atoms with Crippen LogP contribution in [0, 0.1) is 11.6 Å². The van der Waals surface area contributed by atoms with E-state index in [0.29, 0.717) is 6.61 Å². The molecule has 0 atom stereocenters. The molecule has 0 saturated heterocycles. The molecule has 0 fully saturated rings. The number of methoxy groups -OCH3 is 1. The third kappa shape index (κ3) is 4.46. The summed E-state index contributed by atoms with van der Waals surface area (Å²) in [6, 6.07) is 3.34. The summed E-state index contributed by atoms with van der Waals surface area (Å²) in [6.45, 7) is 0.308. The van der Waals surface area contributed by atoms with E-state index in [-0.39, 0.29) is 13.2 Å². The van der Waals surface area contributed by atoms with Crippen LogP contribution >= 0.6 is 0 Å². The molecule has 0 bridgehead atoms. The molecule has 4 nitrogen and oxygen atoms in total. The minimum atomic E-state index is -0.824. The molecule has 0 saturated carbocycles. The molecule has 0 aliphatic rings. The lowest BCUT2D eigenvalue weighted by Crippen LogP contribution is -2.21. The Bertz CT molecular complexity index is 365. The third-order valence-corrected chi connectivity index (χ3v) is 1.89. The van der Waals surface area contributed by atoms with Gasteiger partial charge in [-0.3, -0.25) is 4.79 Å². The molecule has 1 amide bonds. The number of rotatable bonds is 6. The van der Waals surface area contributed by atoms with Gasteiger partial charge in [-0.2, -0.15) is 0 Å². The number of benzene rings is 1. The van der Waals surface area contributed by atoms with Gasteiger partial charge in [0.25, 0.3) is 5.91 Å². The van der Waals surface area contributed by atoms with E-state index in [1.807, 2.05) is 0 Å². The van der Waals surface area contributed by atoms with Crippen molar-refractivity contribution in [1.29, 1.82) is 0 Å². The molecule has 0 heterocycles.